The van der Waals surface area contributed by atoms with E-state index in [-0.39, 0.29) is 12.0 Å². The molecule has 6 heteroatoms. The molecule has 0 aromatic heterocycles. The molecule has 0 spiro atoms. The maximum Gasteiger partial charge on any atom is 0.338 e. The lowest BCUT2D eigenvalue weighted by atomic mass is 9.96. The number of hydrogen-bond acceptors (Lipinski definition) is 3. The van der Waals surface area contributed by atoms with Crippen LogP contribution >= 0.6 is 28.1 Å². The molecule has 1 aromatic carbocycles. The van der Waals surface area contributed by atoms with Crippen LogP contribution < -0.4 is 10.6 Å². The smallest absolute Gasteiger partial charge is 0.338 e. The van der Waals surface area contributed by atoms with E-state index in [1.165, 1.54) is 0 Å². The molecule has 0 radical (unpaired) electrons. The first kappa shape index (κ1) is 15.0. The van der Waals surface area contributed by atoms with E-state index >= 15 is 0 Å². The molecule has 2 rings (SSSR count). The molecule has 106 valence electrons. The van der Waals surface area contributed by atoms with Gasteiger partial charge in [-0.15, -0.1) is 0 Å². The minimum Gasteiger partial charge on any atom is -0.463 e. The third-order valence-electron chi connectivity index (χ3n) is 2.98. The topological polar surface area (TPSA) is 50.4 Å². The molecule has 20 heavy (non-hydrogen) atoms. The van der Waals surface area contributed by atoms with Crippen molar-refractivity contribution < 1.29 is 9.53 Å². The summed E-state index contributed by atoms with van der Waals surface area (Å²) in [6, 6.07) is 7.40. The average Bonchev–Trinajstić information content (AvgIpc) is 2.38. The predicted octanol–water partition coefficient (Wildman–Crippen LogP) is 2.81. The molecular weight excluding hydrogens is 340 g/mol. The molecular formula is C14H15BrN2O2S. The lowest BCUT2D eigenvalue weighted by Gasteiger charge is -2.30. The van der Waals surface area contributed by atoms with Gasteiger partial charge in [-0.3, -0.25) is 0 Å². The summed E-state index contributed by atoms with van der Waals surface area (Å²) < 4.78 is 6.06. The minimum absolute atomic E-state index is 0.321. The third-order valence-corrected chi connectivity index (χ3v) is 3.92. The van der Waals surface area contributed by atoms with Gasteiger partial charge >= 0.3 is 5.97 Å². The molecule has 0 saturated heterocycles. The second kappa shape index (κ2) is 6.37. The average molecular weight is 355 g/mol. The van der Waals surface area contributed by atoms with Crippen molar-refractivity contribution in [1.29, 1.82) is 0 Å². The molecule has 4 nitrogen and oxygen atoms in total. The second-order valence-electron chi connectivity index (χ2n) is 4.31. The number of carbonyl (C=O) groups excluding carboxylic acids is 1. The normalized spacial score (nSPS) is 18.4. The van der Waals surface area contributed by atoms with Crippen LogP contribution in [-0.2, 0) is 9.53 Å². The number of rotatable bonds is 3. The summed E-state index contributed by atoms with van der Waals surface area (Å²) in [6.07, 6.45) is 0. The lowest BCUT2D eigenvalue weighted by molar-refractivity contribution is -0.139. The molecule has 0 fully saturated rings. The molecule has 0 amide bonds. The molecule has 1 aliphatic heterocycles. The van der Waals surface area contributed by atoms with Crippen molar-refractivity contribution in [2.75, 3.05) is 6.61 Å². The van der Waals surface area contributed by atoms with Crippen molar-refractivity contribution >= 4 is 39.2 Å². The first-order valence-corrected chi connectivity index (χ1v) is 7.44. The van der Waals surface area contributed by atoms with Gasteiger partial charge < -0.3 is 15.4 Å². The molecule has 1 atom stereocenters. The predicted molar refractivity (Wildman–Crippen MR) is 85.1 cm³/mol. The lowest BCUT2D eigenvalue weighted by Crippen LogP contribution is -2.45. The largest absolute Gasteiger partial charge is 0.463 e. The van der Waals surface area contributed by atoms with E-state index < -0.39 is 0 Å². The Labute approximate surface area is 131 Å². The highest BCUT2D eigenvalue weighted by Crippen LogP contribution is 2.32. The van der Waals surface area contributed by atoms with E-state index in [1.807, 2.05) is 31.2 Å². The van der Waals surface area contributed by atoms with Crippen LogP contribution in [-0.4, -0.2) is 17.7 Å². The van der Waals surface area contributed by atoms with Crippen molar-refractivity contribution in [1.82, 2.24) is 10.6 Å². The number of thiocarbonyl (C=S) groups is 1. The molecule has 1 aliphatic rings. The van der Waals surface area contributed by atoms with Crippen LogP contribution in [0.1, 0.15) is 25.5 Å². The van der Waals surface area contributed by atoms with Gasteiger partial charge in [-0.25, -0.2) is 4.79 Å². The van der Waals surface area contributed by atoms with Gasteiger partial charge in [0.05, 0.1) is 18.2 Å². The molecule has 0 aliphatic carbocycles. The fraction of sp³-hybridized carbons (Fsp3) is 0.286. The van der Waals surface area contributed by atoms with Gasteiger partial charge in [0.25, 0.3) is 0 Å². The second-order valence-corrected chi connectivity index (χ2v) is 5.57. The van der Waals surface area contributed by atoms with Crippen molar-refractivity contribution in [3.63, 3.8) is 0 Å². The van der Waals surface area contributed by atoms with Crippen molar-refractivity contribution in [3.8, 4) is 0 Å². The molecule has 1 unspecified atom stereocenters. The number of ether oxygens (including phenoxy) is 1. The Kier molecular flexibility index (Phi) is 4.77. The van der Waals surface area contributed by atoms with Crippen LogP contribution in [0.4, 0.5) is 0 Å². The molecule has 1 aromatic rings. The number of carbonyl (C=O) groups is 1. The number of hydrogen-bond donors (Lipinski definition) is 2. The SMILES string of the molecule is CCOC(=O)C1=C(C)NC(=S)NC1c1ccccc1Br. The zero-order valence-electron chi connectivity index (χ0n) is 11.2. The molecule has 1 heterocycles. The zero-order valence-corrected chi connectivity index (χ0v) is 13.6. The number of nitrogens with one attached hydrogen (secondary N) is 2. The van der Waals surface area contributed by atoms with Gasteiger partial charge in [-0.05, 0) is 37.7 Å². The van der Waals surface area contributed by atoms with Crippen molar-refractivity contribution in [2.45, 2.75) is 19.9 Å². The first-order chi connectivity index (χ1) is 9.54. The van der Waals surface area contributed by atoms with Crippen LogP contribution in [0.3, 0.4) is 0 Å². The van der Waals surface area contributed by atoms with Gasteiger partial charge in [0.15, 0.2) is 5.11 Å². The summed E-state index contributed by atoms with van der Waals surface area (Å²) in [5.41, 5.74) is 2.21. The molecule has 0 saturated carbocycles. The summed E-state index contributed by atoms with van der Waals surface area (Å²) in [6.45, 7) is 3.95. The monoisotopic (exact) mass is 354 g/mol. The number of benzene rings is 1. The van der Waals surface area contributed by atoms with Gasteiger partial charge in [0, 0.05) is 10.2 Å². The van der Waals surface area contributed by atoms with E-state index in [0.717, 1.165) is 10.0 Å². The van der Waals surface area contributed by atoms with E-state index in [2.05, 4.69) is 26.6 Å². The Morgan fingerprint density at radius 2 is 2.15 bits per heavy atom. The Balaban J connectivity index is 2.48. The Hall–Kier alpha value is -1.40. The zero-order chi connectivity index (χ0) is 14.7. The fourth-order valence-corrected chi connectivity index (χ4v) is 2.90. The standard InChI is InChI=1S/C14H15BrN2O2S/c1-3-19-13(18)11-8(2)16-14(20)17-12(11)9-6-4-5-7-10(9)15/h4-7,12H,3H2,1-2H3,(H2,16,17,20). The maximum atomic E-state index is 12.2. The van der Waals surface area contributed by atoms with Crippen molar-refractivity contribution in [3.05, 3.63) is 45.6 Å². The van der Waals surface area contributed by atoms with Crippen LogP contribution in [0.25, 0.3) is 0 Å². The van der Waals surface area contributed by atoms with E-state index in [1.54, 1.807) is 6.92 Å². The van der Waals surface area contributed by atoms with Gasteiger partial charge in [-0.1, -0.05) is 34.1 Å². The fourth-order valence-electron chi connectivity index (χ4n) is 2.12. The summed E-state index contributed by atoms with van der Waals surface area (Å²) in [5.74, 6) is -0.340. The minimum atomic E-state index is -0.340. The highest BCUT2D eigenvalue weighted by atomic mass is 79.9. The van der Waals surface area contributed by atoms with Crippen LogP contribution in [0.5, 0.6) is 0 Å². The molecule has 2 N–H and O–H groups in total. The molecule has 0 bridgehead atoms. The van der Waals surface area contributed by atoms with Crippen LogP contribution in [0, 0.1) is 0 Å². The maximum absolute atomic E-state index is 12.2. The Bertz CT molecular complexity index is 586. The third kappa shape index (κ3) is 3.02. The van der Waals surface area contributed by atoms with Gasteiger partial charge in [-0.2, -0.15) is 0 Å². The number of allylic oxidation sites excluding steroid dienone is 1. The first-order valence-electron chi connectivity index (χ1n) is 6.24. The Morgan fingerprint density at radius 3 is 2.80 bits per heavy atom. The quantitative estimate of drug-likeness (QED) is 0.645. The van der Waals surface area contributed by atoms with Gasteiger partial charge in [0.2, 0.25) is 0 Å². The van der Waals surface area contributed by atoms with Crippen LogP contribution in [0.2, 0.25) is 0 Å². The van der Waals surface area contributed by atoms with E-state index in [0.29, 0.717) is 23.0 Å². The highest BCUT2D eigenvalue weighted by molar-refractivity contribution is 9.10. The van der Waals surface area contributed by atoms with Crippen molar-refractivity contribution in [2.24, 2.45) is 0 Å². The van der Waals surface area contributed by atoms with Crippen LogP contribution in [0.15, 0.2) is 40.0 Å². The van der Waals surface area contributed by atoms with Gasteiger partial charge in [0.1, 0.15) is 0 Å². The summed E-state index contributed by atoms with van der Waals surface area (Å²) in [4.78, 5) is 12.2. The number of halogens is 1. The van der Waals surface area contributed by atoms with E-state index in [4.69, 9.17) is 17.0 Å². The van der Waals surface area contributed by atoms with E-state index in [9.17, 15) is 4.79 Å². The summed E-state index contributed by atoms with van der Waals surface area (Å²) >= 11 is 8.69. The Morgan fingerprint density at radius 1 is 1.45 bits per heavy atom. The summed E-state index contributed by atoms with van der Waals surface area (Å²) in [7, 11) is 0. The summed E-state index contributed by atoms with van der Waals surface area (Å²) in [5, 5.41) is 6.59. The number of esters is 1. The highest BCUT2D eigenvalue weighted by Gasteiger charge is 2.31.